The molecule has 0 saturated heterocycles. The summed E-state index contributed by atoms with van der Waals surface area (Å²) in [6.07, 6.45) is 1.69. The van der Waals surface area contributed by atoms with Gasteiger partial charge < -0.3 is 10.6 Å². The first-order valence-electron chi connectivity index (χ1n) is 5.87. The van der Waals surface area contributed by atoms with Crippen molar-refractivity contribution in [3.63, 3.8) is 0 Å². The molecule has 0 radical (unpaired) electrons. The molecule has 1 heterocycles. The van der Waals surface area contributed by atoms with E-state index in [9.17, 15) is 4.79 Å². The van der Waals surface area contributed by atoms with Crippen LogP contribution in [0.1, 0.15) is 15.9 Å². The van der Waals surface area contributed by atoms with Crippen molar-refractivity contribution in [1.29, 1.82) is 0 Å². The summed E-state index contributed by atoms with van der Waals surface area (Å²) in [7, 11) is 3.67. The van der Waals surface area contributed by atoms with Crippen molar-refractivity contribution in [3.05, 3.63) is 35.5 Å². The lowest BCUT2D eigenvalue weighted by Gasteiger charge is -2.07. The predicted molar refractivity (Wildman–Crippen MR) is 80.3 cm³/mol. The maximum absolute atomic E-state index is 12.1. The van der Waals surface area contributed by atoms with Crippen molar-refractivity contribution in [2.24, 2.45) is 0 Å². The first kappa shape index (κ1) is 13.4. The Hall–Kier alpha value is -2.08. The van der Waals surface area contributed by atoms with Crippen molar-refractivity contribution < 1.29 is 4.79 Å². The highest BCUT2D eigenvalue weighted by Gasteiger charge is 2.11. The quantitative estimate of drug-likeness (QED) is 0.803. The molecular weight excluding hydrogens is 260 g/mol. The minimum atomic E-state index is -0.142. The third kappa shape index (κ3) is 3.03. The van der Waals surface area contributed by atoms with Crippen LogP contribution in [0.25, 0.3) is 0 Å². The second kappa shape index (κ2) is 5.71. The van der Waals surface area contributed by atoms with Gasteiger partial charge >= 0.3 is 0 Å². The predicted octanol–water partition coefficient (Wildman–Crippen LogP) is 2.79. The third-order valence-corrected chi connectivity index (χ3v) is 3.66. The van der Waals surface area contributed by atoms with Gasteiger partial charge in [0.2, 0.25) is 0 Å². The normalized spacial score (nSPS) is 10.1. The number of amides is 1. The fraction of sp³-hybridized carbons (Fsp3) is 0.231. The number of carbonyl (C=O) groups excluding carboxylic acids is 1. The number of nitrogens with one attached hydrogen (secondary N) is 3. The molecule has 0 aliphatic rings. The monoisotopic (exact) mass is 276 g/mol. The second-order valence-electron chi connectivity index (χ2n) is 4.01. The van der Waals surface area contributed by atoms with Crippen molar-refractivity contribution in [3.8, 4) is 0 Å². The highest BCUT2D eigenvalue weighted by atomic mass is 32.1. The van der Waals surface area contributed by atoms with E-state index in [-0.39, 0.29) is 5.91 Å². The Bertz CT molecular complexity index is 594. The molecule has 0 spiro atoms. The number of aromatic nitrogens is 1. The highest BCUT2D eigenvalue weighted by molar-refractivity contribution is 7.19. The Balaban J connectivity index is 2.15. The SMILES string of the molecule is CNc1ccc(C(=O)Nc2ncc(NC)s2)c(C)c1. The molecule has 3 N–H and O–H groups in total. The van der Waals surface area contributed by atoms with E-state index < -0.39 is 0 Å². The van der Waals surface area contributed by atoms with Crippen LogP contribution in [-0.2, 0) is 0 Å². The highest BCUT2D eigenvalue weighted by Crippen LogP contribution is 2.23. The number of thiazole rings is 1. The molecule has 1 amide bonds. The smallest absolute Gasteiger partial charge is 0.257 e. The summed E-state index contributed by atoms with van der Waals surface area (Å²) in [6.45, 7) is 1.91. The molecule has 0 bridgehead atoms. The number of hydrogen-bond donors (Lipinski definition) is 3. The van der Waals surface area contributed by atoms with E-state index in [4.69, 9.17) is 0 Å². The van der Waals surface area contributed by atoms with Gasteiger partial charge in [-0.25, -0.2) is 4.98 Å². The first-order chi connectivity index (χ1) is 9.13. The number of hydrogen-bond acceptors (Lipinski definition) is 5. The van der Waals surface area contributed by atoms with E-state index in [2.05, 4.69) is 20.9 Å². The maximum Gasteiger partial charge on any atom is 0.257 e. The summed E-state index contributed by atoms with van der Waals surface area (Å²) < 4.78 is 0. The topological polar surface area (TPSA) is 66.0 Å². The van der Waals surface area contributed by atoms with Crippen LogP contribution in [-0.4, -0.2) is 25.0 Å². The molecule has 2 aromatic rings. The molecule has 5 nitrogen and oxygen atoms in total. The fourth-order valence-electron chi connectivity index (χ4n) is 1.69. The summed E-state index contributed by atoms with van der Waals surface area (Å²) in [5.41, 5.74) is 2.57. The molecular formula is C13H16N4OS. The van der Waals surface area contributed by atoms with Crippen LogP contribution in [0.15, 0.2) is 24.4 Å². The van der Waals surface area contributed by atoms with E-state index >= 15 is 0 Å². The molecule has 0 aliphatic carbocycles. The number of carbonyl (C=O) groups is 1. The zero-order valence-corrected chi connectivity index (χ0v) is 11.9. The number of rotatable bonds is 4. The molecule has 0 saturated carbocycles. The van der Waals surface area contributed by atoms with Crippen LogP contribution in [0.5, 0.6) is 0 Å². The zero-order chi connectivity index (χ0) is 13.8. The molecule has 0 atom stereocenters. The number of anilines is 3. The average Bonchev–Trinajstić information content (AvgIpc) is 2.86. The lowest BCUT2D eigenvalue weighted by atomic mass is 10.1. The van der Waals surface area contributed by atoms with E-state index in [1.807, 2.05) is 39.2 Å². The Kier molecular flexibility index (Phi) is 4.01. The second-order valence-corrected chi connectivity index (χ2v) is 5.04. The van der Waals surface area contributed by atoms with Crippen LogP contribution in [0, 0.1) is 6.92 Å². The molecule has 0 fully saturated rings. The van der Waals surface area contributed by atoms with Crippen LogP contribution < -0.4 is 16.0 Å². The molecule has 0 aliphatic heterocycles. The van der Waals surface area contributed by atoms with Crippen molar-refractivity contribution in [2.75, 3.05) is 30.0 Å². The van der Waals surface area contributed by atoms with Crippen LogP contribution in [0.2, 0.25) is 0 Å². The summed E-state index contributed by atoms with van der Waals surface area (Å²) in [4.78, 5) is 16.3. The maximum atomic E-state index is 12.1. The van der Waals surface area contributed by atoms with Gasteiger partial charge in [-0.15, -0.1) is 0 Å². The van der Waals surface area contributed by atoms with Gasteiger partial charge in [-0.3, -0.25) is 10.1 Å². The van der Waals surface area contributed by atoms with Gasteiger partial charge in [0.05, 0.1) is 6.20 Å². The molecule has 19 heavy (non-hydrogen) atoms. The number of nitrogens with zero attached hydrogens (tertiary/aromatic N) is 1. The summed E-state index contributed by atoms with van der Waals surface area (Å²) in [5.74, 6) is -0.142. The van der Waals surface area contributed by atoms with Gasteiger partial charge in [-0.1, -0.05) is 11.3 Å². The third-order valence-electron chi connectivity index (χ3n) is 2.73. The van der Waals surface area contributed by atoms with Gasteiger partial charge in [-0.05, 0) is 30.7 Å². The average molecular weight is 276 g/mol. The summed E-state index contributed by atoms with van der Waals surface area (Å²) in [5, 5.41) is 10.3. The van der Waals surface area contributed by atoms with Gasteiger partial charge in [0.15, 0.2) is 5.13 Å². The summed E-state index contributed by atoms with van der Waals surface area (Å²) >= 11 is 1.40. The van der Waals surface area contributed by atoms with Gasteiger partial charge in [0.25, 0.3) is 5.91 Å². The standard InChI is InChI=1S/C13H16N4OS/c1-8-6-9(14-2)4-5-10(8)12(18)17-13-16-7-11(15-3)19-13/h4-7,14-15H,1-3H3,(H,16,17,18). The molecule has 1 aromatic carbocycles. The minimum absolute atomic E-state index is 0.142. The molecule has 100 valence electrons. The Morgan fingerprint density at radius 2 is 2.05 bits per heavy atom. The van der Waals surface area contributed by atoms with Gasteiger partial charge in [0, 0.05) is 25.3 Å². The molecule has 0 unspecified atom stereocenters. The lowest BCUT2D eigenvalue weighted by molar-refractivity contribution is 0.102. The molecule has 2 rings (SSSR count). The minimum Gasteiger partial charge on any atom is -0.388 e. The Morgan fingerprint density at radius 1 is 1.26 bits per heavy atom. The van der Waals surface area contributed by atoms with Gasteiger partial charge in [-0.2, -0.15) is 0 Å². The first-order valence-corrected chi connectivity index (χ1v) is 6.69. The van der Waals surface area contributed by atoms with E-state index in [1.54, 1.807) is 6.20 Å². The Labute approximate surface area is 116 Å². The van der Waals surface area contributed by atoms with E-state index in [1.165, 1.54) is 11.3 Å². The van der Waals surface area contributed by atoms with Crippen molar-refractivity contribution >= 4 is 33.1 Å². The van der Waals surface area contributed by atoms with E-state index in [0.717, 1.165) is 16.3 Å². The zero-order valence-electron chi connectivity index (χ0n) is 11.1. The largest absolute Gasteiger partial charge is 0.388 e. The van der Waals surface area contributed by atoms with Crippen LogP contribution in [0.4, 0.5) is 15.8 Å². The summed E-state index contributed by atoms with van der Waals surface area (Å²) in [6, 6.07) is 5.63. The fourth-order valence-corrected chi connectivity index (χ4v) is 2.35. The number of benzene rings is 1. The Morgan fingerprint density at radius 3 is 2.63 bits per heavy atom. The molecule has 1 aromatic heterocycles. The number of aryl methyl sites for hydroxylation is 1. The van der Waals surface area contributed by atoms with Crippen LogP contribution in [0.3, 0.4) is 0 Å². The van der Waals surface area contributed by atoms with Gasteiger partial charge in [0.1, 0.15) is 5.00 Å². The molecule has 6 heteroatoms. The lowest BCUT2D eigenvalue weighted by Crippen LogP contribution is -2.13. The van der Waals surface area contributed by atoms with E-state index in [0.29, 0.717) is 10.7 Å². The van der Waals surface area contributed by atoms with Crippen LogP contribution >= 0.6 is 11.3 Å². The van der Waals surface area contributed by atoms with Crippen molar-refractivity contribution in [2.45, 2.75) is 6.92 Å². The van der Waals surface area contributed by atoms with Crippen molar-refractivity contribution in [1.82, 2.24) is 4.98 Å².